The Hall–Kier alpha value is 0.200. The molecule has 17 heavy (non-hydrogen) atoms. The van der Waals surface area contributed by atoms with Crippen LogP contribution in [0.2, 0.25) is 0 Å². The first-order valence-electron chi connectivity index (χ1n) is 6.44. The van der Waals surface area contributed by atoms with E-state index in [1.165, 1.54) is 0 Å². The zero-order chi connectivity index (χ0) is 13.8. The van der Waals surface area contributed by atoms with E-state index in [4.69, 9.17) is 4.74 Å². The van der Waals surface area contributed by atoms with Crippen LogP contribution in [0.25, 0.3) is 0 Å². The van der Waals surface area contributed by atoms with Crippen LogP contribution in [0.3, 0.4) is 0 Å². The van der Waals surface area contributed by atoms with E-state index in [0.29, 0.717) is 15.8 Å². The van der Waals surface area contributed by atoms with Crippen molar-refractivity contribution in [2.45, 2.75) is 64.9 Å². The number of esters is 1. The summed E-state index contributed by atoms with van der Waals surface area (Å²) in [4.78, 5) is 12.2. The molecule has 0 rings (SSSR count). The Kier molecular flexibility index (Phi) is 7.04. The highest BCUT2D eigenvalue weighted by molar-refractivity contribution is 14.1. The molecule has 0 saturated heterocycles. The van der Waals surface area contributed by atoms with Crippen LogP contribution < -0.4 is 0 Å². The molecule has 0 aliphatic carbocycles. The third kappa shape index (κ3) is 5.58. The second-order valence-corrected chi connectivity index (χ2v) is 8.01. The number of hydrogen-bond donors (Lipinski definition) is 0. The highest BCUT2D eigenvalue weighted by Crippen LogP contribution is 2.33. The van der Waals surface area contributed by atoms with Crippen LogP contribution in [0.1, 0.15) is 54.9 Å². The Labute approximate surface area is 120 Å². The van der Waals surface area contributed by atoms with Gasteiger partial charge in [-0.05, 0) is 46.0 Å². The van der Waals surface area contributed by atoms with Gasteiger partial charge in [0.25, 0.3) is 0 Å². The van der Waals surface area contributed by atoms with E-state index in [0.717, 1.165) is 6.42 Å². The van der Waals surface area contributed by atoms with Gasteiger partial charge in [-0.15, -0.1) is 0 Å². The van der Waals surface area contributed by atoms with Gasteiger partial charge in [0.2, 0.25) is 0 Å². The molecule has 0 aliphatic heterocycles. The maximum Gasteiger partial charge on any atom is 0.312 e. The monoisotopic (exact) mass is 354 g/mol. The molecule has 0 aromatic heterocycles. The average molecular weight is 354 g/mol. The van der Waals surface area contributed by atoms with Gasteiger partial charge in [-0.1, -0.05) is 43.4 Å². The second-order valence-electron chi connectivity index (χ2n) is 6.04. The van der Waals surface area contributed by atoms with Crippen LogP contribution in [0.5, 0.6) is 0 Å². The largest absolute Gasteiger partial charge is 0.461 e. The first kappa shape index (κ1) is 17.2. The van der Waals surface area contributed by atoms with E-state index >= 15 is 0 Å². The molecule has 102 valence electrons. The van der Waals surface area contributed by atoms with Crippen molar-refractivity contribution in [3.05, 3.63) is 0 Å². The van der Waals surface area contributed by atoms with Crippen molar-refractivity contribution in [3.63, 3.8) is 0 Å². The quantitative estimate of drug-likeness (QED) is 0.400. The molecule has 3 unspecified atom stereocenters. The molecule has 0 amide bonds. The molecular formula is C14H27IO2. The Balaban J connectivity index is 4.53. The summed E-state index contributed by atoms with van der Waals surface area (Å²) in [6.45, 7) is 14.5. The van der Waals surface area contributed by atoms with E-state index in [9.17, 15) is 4.79 Å². The van der Waals surface area contributed by atoms with Crippen LogP contribution in [0.15, 0.2) is 0 Å². The van der Waals surface area contributed by atoms with Gasteiger partial charge in [0.1, 0.15) is 6.10 Å². The van der Waals surface area contributed by atoms with Gasteiger partial charge < -0.3 is 4.74 Å². The molecule has 0 radical (unpaired) electrons. The molecule has 3 heteroatoms. The molecule has 2 nitrogen and oxygen atoms in total. The Morgan fingerprint density at radius 3 is 2.00 bits per heavy atom. The fraction of sp³-hybridized carbons (Fsp3) is 0.929. The van der Waals surface area contributed by atoms with Gasteiger partial charge in [0.15, 0.2) is 0 Å². The van der Waals surface area contributed by atoms with Crippen molar-refractivity contribution in [2.75, 3.05) is 0 Å². The highest BCUT2D eigenvalue weighted by atomic mass is 127. The topological polar surface area (TPSA) is 26.3 Å². The second kappa shape index (κ2) is 6.95. The Morgan fingerprint density at radius 2 is 1.65 bits per heavy atom. The fourth-order valence-corrected chi connectivity index (χ4v) is 1.76. The first-order chi connectivity index (χ1) is 7.59. The Morgan fingerprint density at radius 1 is 1.18 bits per heavy atom. The molecule has 0 N–H and O–H groups in total. The van der Waals surface area contributed by atoms with Crippen LogP contribution >= 0.6 is 22.6 Å². The fourth-order valence-electron chi connectivity index (χ4n) is 1.62. The maximum atomic E-state index is 12.2. The molecule has 3 atom stereocenters. The molecular weight excluding hydrogens is 327 g/mol. The lowest BCUT2D eigenvalue weighted by atomic mass is 9.76. The SMILES string of the molecule is CC(C)CC(C)C(C)(C)C(=O)OC(C)C(C)I. The number of ether oxygens (including phenoxy) is 1. The minimum Gasteiger partial charge on any atom is -0.461 e. The van der Waals surface area contributed by atoms with Gasteiger partial charge in [0.05, 0.1) is 5.41 Å². The molecule has 0 aromatic carbocycles. The third-order valence-electron chi connectivity index (χ3n) is 3.52. The lowest BCUT2D eigenvalue weighted by Crippen LogP contribution is -2.37. The van der Waals surface area contributed by atoms with Crippen LogP contribution in [0, 0.1) is 17.3 Å². The van der Waals surface area contributed by atoms with Crippen molar-refractivity contribution in [2.24, 2.45) is 17.3 Å². The number of alkyl halides is 1. The summed E-state index contributed by atoms with van der Waals surface area (Å²) < 4.78 is 5.87. The lowest BCUT2D eigenvalue weighted by molar-refractivity contribution is -0.161. The summed E-state index contributed by atoms with van der Waals surface area (Å²) in [6, 6.07) is 0. The van der Waals surface area contributed by atoms with E-state index < -0.39 is 5.41 Å². The first-order valence-corrected chi connectivity index (χ1v) is 7.68. The third-order valence-corrected chi connectivity index (χ3v) is 4.54. The molecule has 0 aliphatic rings. The minimum atomic E-state index is -0.399. The Bertz CT molecular complexity index is 247. The van der Waals surface area contributed by atoms with E-state index in [-0.39, 0.29) is 12.1 Å². The van der Waals surface area contributed by atoms with Crippen molar-refractivity contribution in [1.29, 1.82) is 0 Å². The summed E-state index contributed by atoms with van der Waals surface area (Å²) in [6.07, 6.45) is 1.03. The molecule has 0 heterocycles. The number of carbonyl (C=O) groups excluding carboxylic acids is 1. The number of hydrogen-bond acceptors (Lipinski definition) is 2. The summed E-state index contributed by atoms with van der Waals surface area (Å²) in [5.74, 6) is 0.881. The van der Waals surface area contributed by atoms with Crippen LogP contribution in [0.4, 0.5) is 0 Å². The van der Waals surface area contributed by atoms with Gasteiger partial charge >= 0.3 is 5.97 Å². The summed E-state index contributed by atoms with van der Waals surface area (Å²) in [5, 5.41) is 0. The molecule has 0 saturated carbocycles. The van der Waals surface area contributed by atoms with Crippen LogP contribution in [-0.2, 0) is 9.53 Å². The van der Waals surface area contributed by atoms with Gasteiger partial charge in [-0.2, -0.15) is 0 Å². The van der Waals surface area contributed by atoms with E-state index in [1.807, 2.05) is 20.8 Å². The van der Waals surface area contributed by atoms with Crippen molar-refractivity contribution in [3.8, 4) is 0 Å². The van der Waals surface area contributed by atoms with Gasteiger partial charge in [0, 0.05) is 3.92 Å². The zero-order valence-corrected chi connectivity index (χ0v) is 14.4. The van der Waals surface area contributed by atoms with Gasteiger partial charge in [-0.3, -0.25) is 4.79 Å². The van der Waals surface area contributed by atoms with E-state index in [1.54, 1.807) is 0 Å². The predicted octanol–water partition coefficient (Wildman–Crippen LogP) is 4.45. The number of halogens is 1. The number of rotatable bonds is 6. The molecule has 0 aromatic rings. The summed E-state index contributed by atoms with van der Waals surface area (Å²) >= 11 is 2.29. The van der Waals surface area contributed by atoms with Crippen LogP contribution in [-0.4, -0.2) is 16.0 Å². The molecule has 0 bridgehead atoms. The average Bonchev–Trinajstić information content (AvgIpc) is 2.15. The molecule has 0 spiro atoms. The van der Waals surface area contributed by atoms with Crippen molar-refractivity contribution in [1.82, 2.24) is 0 Å². The normalized spacial score (nSPS) is 17.7. The smallest absolute Gasteiger partial charge is 0.312 e. The van der Waals surface area contributed by atoms with E-state index in [2.05, 4.69) is 50.3 Å². The standard InChI is InChI=1S/C14H27IO2/c1-9(2)8-10(3)14(6,7)13(16)17-12(5)11(4)15/h9-12H,8H2,1-7H3. The molecule has 0 fully saturated rings. The summed E-state index contributed by atoms with van der Waals surface area (Å²) in [5.41, 5.74) is -0.399. The van der Waals surface area contributed by atoms with Crippen molar-refractivity contribution >= 4 is 28.6 Å². The minimum absolute atomic E-state index is 0.0198. The van der Waals surface area contributed by atoms with Crippen molar-refractivity contribution < 1.29 is 9.53 Å². The summed E-state index contributed by atoms with van der Waals surface area (Å²) in [7, 11) is 0. The van der Waals surface area contributed by atoms with Gasteiger partial charge in [-0.25, -0.2) is 0 Å². The maximum absolute atomic E-state index is 12.2. The lowest BCUT2D eigenvalue weighted by Gasteiger charge is -2.32. The highest BCUT2D eigenvalue weighted by Gasteiger charge is 2.36. The predicted molar refractivity (Wildman–Crippen MR) is 81.4 cm³/mol. The zero-order valence-electron chi connectivity index (χ0n) is 12.2. The number of carbonyl (C=O) groups is 1.